The SMILES string of the molecule is N#Cc1cccc(S(=O)(=O)N2CCNC(=O)[C@H]2c2ccccc2)c1. The standard InChI is InChI=1S/C17H15N3O3S/c18-12-13-5-4-8-15(11-13)24(22,23)20-10-9-19-17(21)16(20)14-6-2-1-3-7-14/h1-8,11,16H,9-10H2,(H,19,21)/t16-/m1/s1. The van der Waals surface area contributed by atoms with E-state index in [1.165, 1.54) is 28.6 Å². The number of nitriles is 1. The van der Waals surface area contributed by atoms with Gasteiger partial charge in [0, 0.05) is 13.1 Å². The van der Waals surface area contributed by atoms with Crippen LogP contribution in [0.5, 0.6) is 0 Å². The van der Waals surface area contributed by atoms with Gasteiger partial charge in [0.25, 0.3) is 0 Å². The Morgan fingerprint density at radius 3 is 2.58 bits per heavy atom. The van der Waals surface area contributed by atoms with Crippen LogP contribution in [-0.2, 0) is 14.8 Å². The van der Waals surface area contributed by atoms with Crippen molar-refractivity contribution in [2.75, 3.05) is 13.1 Å². The fraction of sp³-hybridized carbons (Fsp3) is 0.176. The molecule has 1 aliphatic rings. The van der Waals surface area contributed by atoms with Crippen LogP contribution in [0.4, 0.5) is 0 Å². The maximum Gasteiger partial charge on any atom is 0.244 e. The van der Waals surface area contributed by atoms with Crippen molar-refractivity contribution in [1.82, 2.24) is 9.62 Å². The number of hydrogen-bond acceptors (Lipinski definition) is 4. The van der Waals surface area contributed by atoms with Crippen molar-refractivity contribution in [2.24, 2.45) is 0 Å². The lowest BCUT2D eigenvalue weighted by atomic mass is 10.1. The van der Waals surface area contributed by atoms with Crippen LogP contribution in [0.2, 0.25) is 0 Å². The number of carbonyl (C=O) groups is 1. The Bertz CT molecular complexity index is 904. The van der Waals surface area contributed by atoms with Gasteiger partial charge in [-0.25, -0.2) is 8.42 Å². The zero-order chi connectivity index (χ0) is 17.2. The fourth-order valence-electron chi connectivity index (χ4n) is 2.72. The number of piperazine rings is 1. The molecule has 1 fully saturated rings. The monoisotopic (exact) mass is 341 g/mol. The normalized spacial score (nSPS) is 18.6. The number of nitrogens with one attached hydrogen (secondary N) is 1. The van der Waals surface area contributed by atoms with Crippen LogP contribution < -0.4 is 5.32 Å². The predicted octanol–water partition coefficient (Wildman–Crippen LogP) is 1.42. The van der Waals surface area contributed by atoms with E-state index in [0.29, 0.717) is 5.56 Å². The summed E-state index contributed by atoms with van der Waals surface area (Å²) in [4.78, 5) is 12.3. The van der Waals surface area contributed by atoms with Crippen LogP contribution in [0.25, 0.3) is 0 Å². The molecule has 0 radical (unpaired) electrons. The smallest absolute Gasteiger partial charge is 0.244 e. The molecule has 0 unspecified atom stereocenters. The Balaban J connectivity index is 2.07. The number of nitrogens with zero attached hydrogens (tertiary/aromatic N) is 2. The summed E-state index contributed by atoms with van der Waals surface area (Å²) in [5.74, 6) is -0.354. The molecular weight excluding hydrogens is 326 g/mol. The predicted molar refractivity (Wildman–Crippen MR) is 87.2 cm³/mol. The largest absolute Gasteiger partial charge is 0.353 e. The highest BCUT2D eigenvalue weighted by Gasteiger charge is 2.39. The lowest BCUT2D eigenvalue weighted by molar-refractivity contribution is -0.126. The molecule has 1 heterocycles. The van der Waals surface area contributed by atoms with Crippen molar-refractivity contribution in [3.63, 3.8) is 0 Å². The molecular formula is C17H15N3O3S. The van der Waals surface area contributed by atoms with Gasteiger partial charge in [0.2, 0.25) is 15.9 Å². The first-order valence-electron chi connectivity index (χ1n) is 7.39. The molecule has 2 aromatic carbocycles. The summed E-state index contributed by atoms with van der Waals surface area (Å²) >= 11 is 0. The van der Waals surface area contributed by atoms with Gasteiger partial charge in [-0.1, -0.05) is 36.4 Å². The average molecular weight is 341 g/mol. The third kappa shape index (κ3) is 2.89. The van der Waals surface area contributed by atoms with E-state index in [0.717, 1.165) is 0 Å². The van der Waals surface area contributed by atoms with Crippen LogP contribution >= 0.6 is 0 Å². The van der Waals surface area contributed by atoms with Crippen molar-refractivity contribution in [2.45, 2.75) is 10.9 Å². The van der Waals surface area contributed by atoms with Crippen molar-refractivity contribution < 1.29 is 13.2 Å². The Morgan fingerprint density at radius 1 is 1.12 bits per heavy atom. The van der Waals surface area contributed by atoms with Gasteiger partial charge in [-0.2, -0.15) is 9.57 Å². The third-order valence-electron chi connectivity index (χ3n) is 3.85. The number of carbonyl (C=O) groups excluding carboxylic acids is 1. The van der Waals surface area contributed by atoms with E-state index in [-0.39, 0.29) is 29.5 Å². The second-order valence-corrected chi connectivity index (χ2v) is 7.25. The van der Waals surface area contributed by atoms with E-state index in [2.05, 4.69) is 5.32 Å². The number of amides is 1. The van der Waals surface area contributed by atoms with Crippen molar-refractivity contribution in [3.8, 4) is 6.07 Å². The van der Waals surface area contributed by atoms with E-state index in [4.69, 9.17) is 5.26 Å². The minimum absolute atomic E-state index is 0.0113. The summed E-state index contributed by atoms with van der Waals surface area (Å²) in [6.45, 7) is 0.420. The second kappa shape index (κ2) is 6.43. The molecule has 7 heteroatoms. The van der Waals surface area contributed by atoms with E-state index in [1.807, 2.05) is 6.07 Å². The van der Waals surface area contributed by atoms with E-state index in [9.17, 15) is 13.2 Å². The molecule has 3 rings (SSSR count). The van der Waals surface area contributed by atoms with Gasteiger partial charge in [-0.3, -0.25) is 4.79 Å². The summed E-state index contributed by atoms with van der Waals surface area (Å²) < 4.78 is 27.2. The topological polar surface area (TPSA) is 90.3 Å². The van der Waals surface area contributed by atoms with Crippen LogP contribution in [0, 0.1) is 11.3 Å². The molecule has 1 atom stereocenters. The molecule has 2 aromatic rings. The van der Waals surface area contributed by atoms with Crippen LogP contribution in [0.15, 0.2) is 59.5 Å². The van der Waals surface area contributed by atoms with Crippen molar-refractivity contribution in [3.05, 3.63) is 65.7 Å². The molecule has 1 aliphatic heterocycles. The van der Waals surface area contributed by atoms with Gasteiger partial charge in [-0.05, 0) is 23.8 Å². The Kier molecular flexibility index (Phi) is 4.34. The fourth-order valence-corrected chi connectivity index (χ4v) is 4.34. The van der Waals surface area contributed by atoms with E-state index in [1.54, 1.807) is 30.3 Å². The molecule has 0 spiro atoms. The van der Waals surface area contributed by atoms with Crippen molar-refractivity contribution >= 4 is 15.9 Å². The first-order chi connectivity index (χ1) is 11.5. The Labute approximate surface area is 140 Å². The minimum atomic E-state index is -3.90. The number of rotatable bonds is 3. The lowest BCUT2D eigenvalue weighted by Crippen LogP contribution is -2.52. The molecule has 0 aromatic heterocycles. The molecule has 24 heavy (non-hydrogen) atoms. The number of benzene rings is 2. The van der Waals surface area contributed by atoms with Gasteiger partial charge < -0.3 is 5.32 Å². The highest BCUT2D eigenvalue weighted by atomic mass is 32.2. The summed E-state index contributed by atoms with van der Waals surface area (Å²) in [6, 6.07) is 15.6. The molecule has 0 bridgehead atoms. The average Bonchev–Trinajstić information content (AvgIpc) is 2.62. The summed E-state index contributed by atoms with van der Waals surface area (Å²) in [5, 5.41) is 11.7. The zero-order valence-corrected chi connectivity index (χ0v) is 13.5. The lowest BCUT2D eigenvalue weighted by Gasteiger charge is -2.34. The van der Waals surface area contributed by atoms with Crippen molar-refractivity contribution in [1.29, 1.82) is 5.26 Å². The van der Waals surface area contributed by atoms with Crippen LogP contribution in [-0.4, -0.2) is 31.7 Å². The van der Waals surface area contributed by atoms with Gasteiger partial charge in [0.15, 0.2) is 0 Å². The first-order valence-corrected chi connectivity index (χ1v) is 8.83. The second-order valence-electron chi connectivity index (χ2n) is 5.36. The summed E-state index contributed by atoms with van der Waals surface area (Å²) in [5.41, 5.74) is 0.864. The number of sulfonamides is 1. The summed E-state index contributed by atoms with van der Waals surface area (Å²) in [6.07, 6.45) is 0. The first kappa shape index (κ1) is 16.2. The Hall–Kier alpha value is -2.69. The molecule has 1 N–H and O–H groups in total. The van der Waals surface area contributed by atoms with E-state index >= 15 is 0 Å². The summed E-state index contributed by atoms with van der Waals surface area (Å²) in [7, 11) is -3.90. The molecule has 0 saturated carbocycles. The molecule has 0 aliphatic carbocycles. The van der Waals surface area contributed by atoms with Gasteiger partial charge in [0.1, 0.15) is 6.04 Å². The van der Waals surface area contributed by atoms with Gasteiger partial charge >= 0.3 is 0 Å². The molecule has 1 saturated heterocycles. The highest BCUT2D eigenvalue weighted by Crippen LogP contribution is 2.29. The third-order valence-corrected chi connectivity index (χ3v) is 5.71. The van der Waals surface area contributed by atoms with Gasteiger partial charge in [0.05, 0.1) is 16.5 Å². The molecule has 6 nitrogen and oxygen atoms in total. The Morgan fingerprint density at radius 2 is 1.88 bits per heavy atom. The highest BCUT2D eigenvalue weighted by molar-refractivity contribution is 7.89. The zero-order valence-electron chi connectivity index (χ0n) is 12.7. The van der Waals surface area contributed by atoms with E-state index < -0.39 is 16.1 Å². The quantitative estimate of drug-likeness (QED) is 0.914. The maximum absolute atomic E-state index is 13.0. The molecule has 122 valence electrons. The molecule has 1 amide bonds. The van der Waals surface area contributed by atoms with Gasteiger partial charge in [-0.15, -0.1) is 0 Å². The number of hydrogen-bond donors (Lipinski definition) is 1. The van der Waals surface area contributed by atoms with Crippen LogP contribution in [0.1, 0.15) is 17.2 Å². The van der Waals surface area contributed by atoms with Crippen LogP contribution in [0.3, 0.4) is 0 Å². The minimum Gasteiger partial charge on any atom is -0.353 e. The maximum atomic E-state index is 13.0.